The molecule has 5 nitrogen and oxygen atoms in total. The van der Waals surface area contributed by atoms with E-state index in [9.17, 15) is 26.3 Å². The van der Waals surface area contributed by atoms with Gasteiger partial charge in [-0.25, -0.2) is 4.98 Å². The molecule has 0 radical (unpaired) electrons. The van der Waals surface area contributed by atoms with Crippen molar-refractivity contribution in [2.24, 2.45) is 0 Å². The molecular formula is C19H17F6N5. The molecule has 0 unspecified atom stereocenters. The maximum atomic E-state index is 13.2. The van der Waals surface area contributed by atoms with E-state index >= 15 is 0 Å². The van der Waals surface area contributed by atoms with Crippen LogP contribution in [0.25, 0.3) is 16.9 Å². The Morgan fingerprint density at radius 1 is 0.833 bits per heavy atom. The standard InChI is InChI=1S/C19H17F6N5/c1-28-4-6-29(7-5-28)17-11-15(27-16-2-3-26-30(16)17)12-8-13(18(20,21)22)10-14(9-12)19(23,24)25/h2-3,8-11H,4-7H2,1H3. The fourth-order valence-corrected chi connectivity index (χ4v) is 3.41. The summed E-state index contributed by atoms with van der Waals surface area (Å²) in [5.74, 6) is 0.569. The molecule has 3 aromatic rings. The third-order valence-electron chi connectivity index (χ3n) is 5.05. The van der Waals surface area contributed by atoms with Crippen molar-refractivity contribution in [1.82, 2.24) is 19.5 Å². The molecular weight excluding hydrogens is 412 g/mol. The van der Waals surface area contributed by atoms with Crippen molar-refractivity contribution < 1.29 is 26.3 Å². The van der Waals surface area contributed by atoms with E-state index in [1.807, 2.05) is 11.9 Å². The highest BCUT2D eigenvalue weighted by Gasteiger charge is 2.37. The largest absolute Gasteiger partial charge is 0.416 e. The second-order valence-electron chi connectivity index (χ2n) is 7.19. The van der Waals surface area contributed by atoms with E-state index in [4.69, 9.17) is 0 Å². The quantitative estimate of drug-likeness (QED) is 0.573. The number of likely N-dealkylation sites (N-methyl/N-ethyl adjacent to an activating group) is 1. The van der Waals surface area contributed by atoms with Crippen molar-refractivity contribution in [3.8, 4) is 11.3 Å². The average Bonchev–Trinajstić information content (AvgIpc) is 3.15. The van der Waals surface area contributed by atoms with Gasteiger partial charge in [-0.05, 0) is 25.2 Å². The summed E-state index contributed by atoms with van der Waals surface area (Å²) in [5, 5.41) is 4.20. The Kier molecular flexibility index (Phi) is 4.88. The number of anilines is 1. The third kappa shape index (κ3) is 3.93. The first kappa shape index (κ1) is 20.5. The molecule has 1 aromatic carbocycles. The predicted molar refractivity (Wildman–Crippen MR) is 98.1 cm³/mol. The molecule has 0 spiro atoms. The molecule has 1 aliphatic rings. The molecule has 0 saturated carbocycles. The zero-order valence-corrected chi connectivity index (χ0v) is 15.8. The summed E-state index contributed by atoms with van der Waals surface area (Å²) < 4.78 is 81.0. The summed E-state index contributed by atoms with van der Waals surface area (Å²) in [5.41, 5.74) is -2.63. The van der Waals surface area contributed by atoms with Gasteiger partial charge in [0.25, 0.3) is 0 Å². The number of halogens is 6. The van der Waals surface area contributed by atoms with Crippen molar-refractivity contribution >= 4 is 11.5 Å². The highest BCUT2D eigenvalue weighted by atomic mass is 19.4. The Hall–Kier alpha value is -2.82. The fourth-order valence-electron chi connectivity index (χ4n) is 3.41. The molecule has 0 atom stereocenters. The molecule has 0 amide bonds. The molecule has 3 heterocycles. The Morgan fingerprint density at radius 3 is 2.00 bits per heavy atom. The topological polar surface area (TPSA) is 36.7 Å². The van der Waals surface area contributed by atoms with Crippen LogP contribution in [0, 0.1) is 0 Å². The smallest absolute Gasteiger partial charge is 0.354 e. The van der Waals surface area contributed by atoms with Crippen LogP contribution in [0.1, 0.15) is 11.1 Å². The van der Waals surface area contributed by atoms with Crippen LogP contribution in [0.2, 0.25) is 0 Å². The van der Waals surface area contributed by atoms with Gasteiger partial charge in [0.2, 0.25) is 0 Å². The molecule has 4 rings (SSSR count). The number of fused-ring (bicyclic) bond motifs is 1. The molecule has 0 aliphatic carbocycles. The van der Waals surface area contributed by atoms with Gasteiger partial charge in [0.1, 0.15) is 5.82 Å². The Labute approximate surface area is 167 Å². The van der Waals surface area contributed by atoms with E-state index < -0.39 is 23.5 Å². The molecule has 0 N–H and O–H groups in total. The predicted octanol–water partition coefficient (Wildman–Crippen LogP) is 4.19. The molecule has 0 bridgehead atoms. The molecule has 160 valence electrons. The third-order valence-corrected chi connectivity index (χ3v) is 5.05. The van der Waals surface area contributed by atoms with Gasteiger partial charge >= 0.3 is 12.4 Å². The zero-order chi connectivity index (χ0) is 21.7. The summed E-state index contributed by atoms with van der Waals surface area (Å²) in [6.07, 6.45) is -8.35. The average molecular weight is 429 g/mol. The highest BCUT2D eigenvalue weighted by Crippen LogP contribution is 2.39. The maximum Gasteiger partial charge on any atom is 0.416 e. The van der Waals surface area contributed by atoms with Gasteiger partial charge in [0.15, 0.2) is 5.65 Å². The van der Waals surface area contributed by atoms with Gasteiger partial charge in [-0.2, -0.15) is 36.0 Å². The van der Waals surface area contributed by atoms with Crippen LogP contribution in [0.3, 0.4) is 0 Å². The number of alkyl halides is 6. The van der Waals surface area contributed by atoms with Crippen LogP contribution in [-0.2, 0) is 12.4 Å². The SMILES string of the molecule is CN1CCN(c2cc(-c3cc(C(F)(F)F)cc(C(F)(F)F)c3)nc3ccnn23)CC1. The Morgan fingerprint density at radius 2 is 1.43 bits per heavy atom. The lowest BCUT2D eigenvalue weighted by atomic mass is 10.0. The minimum atomic E-state index is -4.92. The minimum Gasteiger partial charge on any atom is -0.354 e. The number of hydrogen-bond donors (Lipinski definition) is 0. The van der Waals surface area contributed by atoms with Crippen LogP contribution in [0.5, 0.6) is 0 Å². The van der Waals surface area contributed by atoms with Crippen molar-refractivity contribution in [2.45, 2.75) is 12.4 Å². The van der Waals surface area contributed by atoms with Crippen molar-refractivity contribution in [1.29, 1.82) is 0 Å². The van der Waals surface area contributed by atoms with Crippen LogP contribution in [0.15, 0.2) is 36.5 Å². The van der Waals surface area contributed by atoms with Gasteiger partial charge in [-0.3, -0.25) is 0 Å². The number of hydrogen-bond acceptors (Lipinski definition) is 4. The van der Waals surface area contributed by atoms with Gasteiger partial charge in [0, 0.05) is 43.9 Å². The number of piperazine rings is 1. The summed E-state index contributed by atoms with van der Waals surface area (Å²) in [6.45, 7) is 2.82. The number of nitrogens with zero attached hydrogens (tertiary/aromatic N) is 5. The first-order valence-electron chi connectivity index (χ1n) is 9.10. The lowest BCUT2D eigenvalue weighted by Gasteiger charge is -2.34. The van der Waals surface area contributed by atoms with E-state index in [0.717, 1.165) is 13.1 Å². The molecule has 11 heteroatoms. The molecule has 1 saturated heterocycles. The van der Waals surface area contributed by atoms with Crippen molar-refractivity contribution in [3.63, 3.8) is 0 Å². The van der Waals surface area contributed by atoms with E-state index in [0.29, 0.717) is 36.7 Å². The first-order chi connectivity index (χ1) is 14.0. The minimum absolute atomic E-state index is 0.0218. The second kappa shape index (κ2) is 7.15. The van der Waals surface area contributed by atoms with Gasteiger partial charge in [-0.1, -0.05) is 0 Å². The second-order valence-corrected chi connectivity index (χ2v) is 7.19. The van der Waals surface area contributed by atoms with Crippen LogP contribution in [-0.4, -0.2) is 52.7 Å². The Balaban J connectivity index is 1.87. The highest BCUT2D eigenvalue weighted by molar-refractivity contribution is 5.68. The summed E-state index contributed by atoms with van der Waals surface area (Å²) >= 11 is 0. The number of rotatable bonds is 2. The number of aromatic nitrogens is 3. The van der Waals surface area contributed by atoms with Crippen LogP contribution < -0.4 is 4.90 Å². The van der Waals surface area contributed by atoms with E-state index in [-0.39, 0.29) is 17.3 Å². The fraction of sp³-hybridized carbons (Fsp3) is 0.368. The first-order valence-corrected chi connectivity index (χ1v) is 9.10. The van der Waals surface area contributed by atoms with E-state index in [2.05, 4.69) is 15.0 Å². The van der Waals surface area contributed by atoms with E-state index in [1.54, 1.807) is 6.07 Å². The van der Waals surface area contributed by atoms with Gasteiger partial charge < -0.3 is 9.80 Å². The molecule has 2 aromatic heterocycles. The summed E-state index contributed by atoms with van der Waals surface area (Å²) in [6, 6.07) is 4.54. The zero-order valence-electron chi connectivity index (χ0n) is 15.8. The lowest BCUT2D eigenvalue weighted by Crippen LogP contribution is -2.45. The van der Waals surface area contributed by atoms with Gasteiger partial charge in [-0.15, -0.1) is 0 Å². The normalized spacial score (nSPS) is 16.4. The molecule has 30 heavy (non-hydrogen) atoms. The van der Waals surface area contributed by atoms with Crippen molar-refractivity contribution in [2.75, 3.05) is 38.1 Å². The monoisotopic (exact) mass is 429 g/mol. The molecule has 1 fully saturated rings. The van der Waals surface area contributed by atoms with Crippen LogP contribution >= 0.6 is 0 Å². The van der Waals surface area contributed by atoms with E-state index in [1.165, 1.54) is 16.8 Å². The molecule has 1 aliphatic heterocycles. The Bertz CT molecular complexity index is 1030. The van der Waals surface area contributed by atoms with Gasteiger partial charge in [0.05, 0.1) is 23.0 Å². The number of benzene rings is 1. The van der Waals surface area contributed by atoms with Crippen LogP contribution in [0.4, 0.5) is 32.2 Å². The maximum absolute atomic E-state index is 13.2. The lowest BCUT2D eigenvalue weighted by molar-refractivity contribution is -0.143. The summed E-state index contributed by atoms with van der Waals surface area (Å²) in [4.78, 5) is 8.37. The summed E-state index contributed by atoms with van der Waals surface area (Å²) in [7, 11) is 1.97. The van der Waals surface area contributed by atoms with Crippen molar-refractivity contribution in [3.05, 3.63) is 47.7 Å².